The van der Waals surface area contributed by atoms with Gasteiger partial charge in [-0.05, 0) is 5.56 Å². The minimum atomic E-state index is -4.39. The lowest BCUT2D eigenvalue weighted by Crippen LogP contribution is -2.59. The molecule has 1 aliphatic rings. The van der Waals surface area contributed by atoms with Crippen LogP contribution in [0.3, 0.4) is 0 Å². The molecule has 1 heterocycles. The van der Waals surface area contributed by atoms with Crippen LogP contribution in [0.25, 0.3) is 0 Å². The first-order valence-corrected chi connectivity index (χ1v) is 5.13. The molecule has 0 unspecified atom stereocenters. The summed E-state index contributed by atoms with van der Waals surface area (Å²) in [6.07, 6.45) is -4.39. The maximum Gasteiger partial charge on any atom is 0.406 e. The second kappa shape index (κ2) is 4.37. The van der Waals surface area contributed by atoms with Gasteiger partial charge < -0.3 is 5.32 Å². The zero-order chi connectivity index (χ0) is 12.5. The normalized spacial score (nSPS) is 25.5. The highest BCUT2D eigenvalue weighted by Gasteiger charge is 2.47. The van der Waals surface area contributed by atoms with Crippen molar-refractivity contribution in [2.75, 3.05) is 6.54 Å². The van der Waals surface area contributed by atoms with Gasteiger partial charge in [-0.25, -0.2) is 0 Å². The Hall–Kier alpha value is -1.56. The molecule has 1 saturated heterocycles. The third-order valence-corrected chi connectivity index (χ3v) is 2.64. The Bertz CT molecular complexity index is 405. The van der Waals surface area contributed by atoms with Crippen molar-refractivity contribution >= 4 is 5.91 Å². The first-order valence-electron chi connectivity index (χ1n) is 5.13. The first-order chi connectivity index (χ1) is 7.98. The molecule has 92 valence electrons. The van der Waals surface area contributed by atoms with Gasteiger partial charge in [-0.1, -0.05) is 30.3 Å². The number of alkyl halides is 3. The standard InChI is InChI=1S/C11H11F3N2O/c12-11(13,14)10-9(16-8(17)6-15-10)7-4-2-1-3-5-7/h1-5,9-10,15H,6H2,(H,16,17)/t9-,10+/m1/s1. The van der Waals surface area contributed by atoms with Crippen molar-refractivity contribution in [2.45, 2.75) is 18.3 Å². The van der Waals surface area contributed by atoms with Gasteiger partial charge in [-0.15, -0.1) is 0 Å². The molecule has 1 aromatic rings. The zero-order valence-corrected chi connectivity index (χ0v) is 8.79. The topological polar surface area (TPSA) is 41.1 Å². The summed E-state index contributed by atoms with van der Waals surface area (Å²) in [6.45, 7) is -0.312. The van der Waals surface area contributed by atoms with Gasteiger partial charge in [-0.3, -0.25) is 10.1 Å². The van der Waals surface area contributed by atoms with Crippen LogP contribution in [0, 0.1) is 0 Å². The summed E-state index contributed by atoms with van der Waals surface area (Å²) in [5.74, 6) is -0.431. The maximum absolute atomic E-state index is 12.8. The summed E-state index contributed by atoms with van der Waals surface area (Å²) < 4.78 is 38.4. The highest BCUT2D eigenvalue weighted by Crippen LogP contribution is 2.31. The predicted molar refractivity (Wildman–Crippen MR) is 55.2 cm³/mol. The average Bonchev–Trinajstić information content (AvgIpc) is 2.28. The SMILES string of the molecule is O=C1CN[C@H](C(F)(F)F)[C@@H](c2ccccc2)N1. The van der Waals surface area contributed by atoms with E-state index in [0.29, 0.717) is 5.56 Å². The van der Waals surface area contributed by atoms with Crippen LogP contribution in [-0.4, -0.2) is 24.7 Å². The Morgan fingerprint density at radius 3 is 2.41 bits per heavy atom. The van der Waals surface area contributed by atoms with Crippen LogP contribution in [0.1, 0.15) is 11.6 Å². The molecule has 1 fully saturated rings. The van der Waals surface area contributed by atoms with Gasteiger partial charge >= 0.3 is 6.18 Å². The number of rotatable bonds is 1. The Kier molecular flexibility index (Phi) is 3.06. The number of carbonyl (C=O) groups is 1. The molecular formula is C11H11F3N2O. The molecule has 0 bridgehead atoms. The molecule has 1 aromatic carbocycles. The molecule has 0 spiro atoms. The fourth-order valence-electron chi connectivity index (χ4n) is 1.87. The molecule has 0 saturated carbocycles. The third-order valence-electron chi connectivity index (χ3n) is 2.64. The molecule has 17 heavy (non-hydrogen) atoms. The number of halogens is 3. The second-order valence-corrected chi connectivity index (χ2v) is 3.86. The fourth-order valence-corrected chi connectivity index (χ4v) is 1.87. The summed E-state index contributed by atoms with van der Waals surface area (Å²) in [6, 6.07) is 5.31. The lowest BCUT2D eigenvalue weighted by Gasteiger charge is -2.34. The molecule has 0 radical (unpaired) electrons. The van der Waals surface area contributed by atoms with Crippen molar-refractivity contribution in [1.82, 2.24) is 10.6 Å². The van der Waals surface area contributed by atoms with E-state index in [4.69, 9.17) is 0 Å². The first kappa shape index (κ1) is 11.9. The fraction of sp³-hybridized carbons (Fsp3) is 0.364. The number of nitrogens with one attached hydrogen (secondary N) is 2. The van der Waals surface area contributed by atoms with E-state index in [1.54, 1.807) is 30.3 Å². The summed E-state index contributed by atoms with van der Waals surface area (Å²) in [5, 5.41) is 4.59. The summed E-state index contributed by atoms with van der Waals surface area (Å²) in [5.41, 5.74) is 0.440. The van der Waals surface area contributed by atoms with Gasteiger partial charge in [0.2, 0.25) is 5.91 Å². The predicted octanol–water partition coefficient (Wildman–Crippen LogP) is 1.38. The molecule has 6 heteroatoms. The van der Waals surface area contributed by atoms with E-state index in [1.807, 2.05) is 0 Å². The molecule has 0 aliphatic carbocycles. The van der Waals surface area contributed by atoms with E-state index >= 15 is 0 Å². The maximum atomic E-state index is 12.8. The van der Waals surface area contributed by atoms with Crippen LogP contribution in [0.5, 0.6) is 0 Å². The number of hydrogen-bond acceptors (Lipinski definition) is 2. The Morgan fingerprint density at radius 2 is 1.82 bits per heavy atom. The van der Waals surface area contributed by atoms with Crippen molar-refractivity contribution < 1.29 is 18.0 Å². The van der Waals surface area contributed by atoms with Crippen LogP contribution in [0.15, 0.2) is 30.3 Å². The minimum Gasteiger partial charge on any atom is -0.346 e. The van der Waals surface area contributed by atoms with Gasteiger partial charge in [0, 0.05) is 0 Å². The smallest absolute Gasteiger partial charge is 0.346 e. The molecule has 2 N–H and O–H groups in total. The van der Waals surface area contributed by atoms with Crippen molar-refractivity contribution in [1.29, 1.82) is 0 Å². The van der Waals surface area contributed by atoms with Crippen LogP contribution in [0.2, 0.25) is 0 Å². The summed E-state index contributed by atoms with van der Waals surface area (Å²) in [4.78, 5) is 11.2. The quantitative estimate of drug-likeness (QED) is 0.783. The second-order valence-electron chi connectivity index (χ2n) is 3.86. The van der Waals surface area contributed by atoms with Gasteiger partial charge in [0.1, 0.15) is 6.04 Å². The minimum absolute atomic E-state index is 0.312. The zero-order valence-electron chi connectivity index (χ0n) is 8.79. The summed E-state index contributed by atoms with van der Waals surface area (Å²) >= 11 is 0. The van der Waals surface area contributed by atoms with Gasteiger partial charge in [0.25, 0.3) is 0 Å². The van der Waals surface area contributed by atoms with Gasteiger partial charge in [-0.2, -0.15) is 13.2 Å². The Labute approximate surface area is 96.0 Å². The number of piperazine rings is 1. The molecule has 2 atom stereocenters. The summed E-state index contributed by atoms with van der Waals surface area (Å²) in [7, 11) is 0. The van der Waals surface area contributed by atoms with Crippen molar-refractivity contribution in [3.63, 3.8) is 0 Å². The number of hydrogen-bond donors (Lipinski definition) is 2. The van der Waals surface area contributed by atoms with Gasteiger partial charge in [0.15, 0.2) is 0 Å². The van der Waals surface area contributed by atoms with E-state index in [0.717, 1.165) is 0 Å². The lowest BCUT2D eigenvalue weighted by atomic mass is 9.97. The molecule has 3 nitrogen and oxygen atoms in total. The van der Waals surface area contributed by atoms with Crippen molar-refractivity contribution in [3.8, 4) is 0 Å². The number of benzene rings is 1. The van der Waals surface area contributed by atoms with Crippen LogP contribution < -0.4 is 10.6 Å². The number of amides is 1. The highest BCUT2D eigenvalue weighted by molar-refractivity contribution is 5.79. The van der Waals surface area contributed by atoms with Gasteiger partial charge in [0.05, 0.1) is 12.6 Å². The van der Waals surface area contributed by atoms with E-state index in [9.17, 15) is 18.0 Å². The Balaban J connectivity index is 2.30. The molecule has 1 aliphatic heterocycles. The average molecular weight is 244 g/mol. The van der Waals surface area contributed by atoms with E-state index in [1.165, 1.54) is 0 Å². The highest BCUT2D eigenvalue weighted by atomic mass is 19.4. The lowest BCUT2D eigenvalue weighted by molar-refractivity contribution is -0.169. The Morgan fingerprint density at radius 1 is 1.18 bits per heavy atom. The van der Waals surface area contributed by atoms with Crippen LogP contribution >= 0.6 is 0 Å². The third kappa shape index (κ3) is 2.58. The molecule has 1 amide bonds. The van der Waals surface area contributed by atoms with Crippen LogP contribution in [-0.2, 0) is 4.79 Å². The van der Waals surface area contributed by atoms with Crippen molar-refractivity contribution in [2.24, 2.45) is 0 Å². The molecule has 2 rings (SSSR count). The monoisotopic (exact) mass is 244 g/mol. The van der Waals surface area contributed by atoms with E-state index < -0.39 is 24.2 Å². The number of carbonyl (C=O) groups excluding carboxylic acids is 1. The van der Waals surface area contributed by atoms with Crippen molar-refractivity contribution in [3.05, 3.63) is 35.9 Å². The largest absolute Gasteiger partial charge is 0.406 e. The van der Waals surface area contributed by atoms with E-state index in [-0.39, 0.29) is 6.54 Å². The molecule has 0 aromatic heterocycles. The van der Waals surface area contributed by atoms with E-state index in [2.05, 4.69) is 10.6 Å². The van der Waals surface area contributed by atoms with Crippen LogP contribution in [0.4, 0.5) is 13.2 Å². The molecular weight excluding hydrogens is 233 g/mol.